The number of aliphatic carboxylic acids is 1. The molecule has 0 aliphatic carbocycles. The van der Waals surface area contributed by atoms with Crippen LogP contribution in [0.2, 0.25) is 0 Å². The zero-order valence-corrected chi connectivity index (χ0v) is 31.5. The number of carboxylic acids is 1. The van der Waals surface area contributed by atoms with Crippen LogP contribution in [0.25, 0.3) is 11.1 Å². The Hall–Kier alpha value is -3.33. The van der Waals surface area contributed by atoms with Crippen LogP contribution in [-0.4, -0.2) is 69.3 Å². The SMILES string of the molecule is CC(C)(C)O.Cc1cc(F)ccc1CN1CCc2cc(-c3c(CN4CCCCC4)nc(C)c(CC(=O)O)c3N3CCC(C)(C)CC3)ccc2C1. The molecule has 0 spiro atoms. The second-order valence-electron chi connectivity index (χ2n) is 16.6. The minimum atomic E-state index is -0.810. The first-order valence-corrected chi connectivity index (χ1v) is 18.6. The van der Waals surface area contributed by atoms with Crippen LogP contribution in [0.1, 0.15) is 106 Å². The van der Waals surface area contributed by atoms with Gasteiger partial charge >= 0.3 is 5.97 Å². The number of carbonyl (C=O) groups is 1. The maximum absolute atomic E-state index is 13.7. The van der Waals surface area contributed by atoms with Crippen molar-refractivity contribution in [2.45, 2.75) is 119 Å². The molecule has 0 amide bonds. The monoisotopic (exact) mass is 686 g/mol. The quantitative estimate of drug-likeness (QED) is 0.248. The summed E-state index contributed by atoms with van der Waals surface area (Å²) in [5, 5.41) is 18.6. The normalized spacial score (nSPS) is 18.3. The molecule has 0 bridgehead atoms. The van der Waals surface area contributed by atoms with Gasteiger partial charge in [-0.15, -0.1) is 0 Å². The lowest BCUT2D eigenvalue weighted by Crippen LogP contribution is -2.39. The molecule has 2 N–H and O–H groups in total. The minimum Gasteiger partial charge on any atom is -0.481 e. The van der Waals surface area contributed by atoms with Gasteiger partial charge in [0.15, 0.2) is 0 Å². The molecule has 2 fully saturated rings. The molecule has 0 unspecified atom stereocenters. The Labute approximate surface area is 299 Å². The van der Waals surface area contributed by atoms with Gasteiger partial charge in [0, 0.05) is 56.1 Å². The molecule has 3 aliphatic rings. The summed E-state index contributed by atoms with van der Waals surface area (Å²) in [5.74, 6) is -0.993. The van der Waals surface area contributed by atoms with E-state index in [9.17, 15) is 14.3 Å². The molecule has 272 valence electrons. The first-order chi connectivity index (χ1) is 23.6. The number of fused-ring (bicyclic) bond motifs is 1. The fraction of sp³-hybridized carbons (Fsp3) is 0.571. The Morgan fingerprint density at radius 2 is 1.58 bits per heavy atom. The number of aromatic nitrogens is 1. The van der Waals surface area contributed by atoms with Crippen LogP contribution in [0.3, 0.4) is 0 Å². The molecule has 7 nitrogen and oxygen atoms in total. The van der Waals surface area contributed by atoms with Crippen molar-refractivity contribution in [3.05, 3.63) is 81.4 Å². The molecule has 2 saturated heterocycles. The largest absolute Gasteiger partial charge is 0.481 e. The van der Waals surface area contributed by atoms with Gasteiger partial charge < -0.3 is 15.1 Å². The molecule has 0 saturated carbocycles. The summed E-state index contributed by atoms with van der Waals surface area (Å²) >= 11 is 0. The van der Waals surface area contributed by atoms with Crippen LogP contribution in [0.15, 0.2) is 36.4 Å². The number of aryl methyl sites for hydroxylation is 2. The van der Waals surface area contributed by atoms with E-state index < -0.39 is 11.6 Å². The highest BCUT2D eigenvalue weighted by atomic mass is 19.1. The number of nitrogens with zero attached hydrogens (tertiary/aromatic N) is 4. The molecular formula is C42H59FN4O3. The highest BCUT2D eigenvalue weighted by Gasteiger charge is 2.32. The molecule has 4 heterocycles. The van der Waals surface area contributed by atoms with Crippen LogP contribution >= 0.6 is 0 Å². The van der Waals surface area contributed by atoms with E-state index in [0.717, 1.165) is 111 Å². The first kappa shape index (κ1) is 37.9. The number of piperidine rings is 2. The third kappa shape index (κ3) is 10.1. The van der Waals surface area contributed by atoms with Gasteiger partial charge in [0.1, 0.15) is 5.82 Å². The van der Waals surface area contributed by atoms with Crippen molar-refractivity contribution in [1.29, 1.82) is 0 Å². The van der Waals surface area contributed by atoms with E-state index in [1.165, 1.54) is 36.0 Å². The van der Waals surface area contributed by atoms with E-state index in [1.807, 2.05) is 19.9 Å². The maximum Gasteiger partial charge on any atom is 0.307 e. The van der Waals surface area contributed by atoms with Crippen LogP contribution in [0, 0.1) is 25.1 Å². The summed E-state index contributed by atoms with van der Waals surface area (Å²) in [6.45, 7) is 21.3. The van der Waals surface area contributed by atoms with Gasteiger partial charge in [-0.3, -0.25) is 19.6 Å². The molecule has 3 aromatic rings. The molecule has 1 aromatic heterocycles. The van der Waals surface area contributed by atoms with Crippen LogP contribution in [0.4, 0.5) is 10.1 Å². The van der Waals surface area contributed by atoms with Crippen molar-refractivity contribution in [1.82, 2.24) is 14.8 Å². The van der Waals surface area contributed by atoms with Gasteiger partial charge in [0.2, 0.25) is 0 Å². The van der Waals surface area contributed by atoms with Gasteiger partial charge in [-0.1, -0.05) is 44.5 Å². The minimum absolute atomic E-state index is 0.0201. The molecule has 3 aliphatic heterocycles. The predicted octanol–water partition coefficient (Wildman–Crippen LogP) is 8.08. The maximum atomic E-state index is 13.7. The fourth-order valence-electron chi connectivity index (χ4n) is 7.56. The van der Waals surface area contributed by atoms with E-state index in [4.69, 9.17) is 10.1 Å². The van der Waals surface area contributed by atoms with Gasteiger partial charge in [-0.05, 0) is 125 Å². The number of carboxylic acid groups (broad SMARTS) is 1. The van der Waals surface area contributed by atoms with Crippen molar-refractivity contribution in [3.63, 3.8) is 0 Å². The summed E-state index contributed by atoms with van der Waals surface area (Å²) in [6.07, 6.45) is 6.79. The number of likely N-dealkylation sites (tertiary alicyclic amines) is 1. The van der Waals surface area contributed by atoms with E-state index in [1.54, 1.807) is 32.9 Å². The van der Waals surface area contributed by atoms with E-state index in [2.05, 4.69) is 46.7 Å². The smallest absolute Gasteiger partial charge is 0.307 e. The Morgan fingerprint density at radius 3 is 2.22 bits per heavy atom. The summed E-state index contributed by atoms with van der Waals surface area (Å²) in [7, 11) is 0. The van der Waals surface area contributed by atoms with Crippen molar-refractivity contribution in [3.8, 4) is 11.1 Å². The number of benzene rings is 2. The van der Waals surface area contributed by atoms with Gasteiger partial charge in [-0.2, -0.15) is 0 Å². The third-order valence-corrected chi connectivity index (χ3v) is 10.4. The molecule has 0 atom stereocenters. The molecule has 0 radical (unpaired) electrons. The molecule has 6 rings (SSSR count). The average Bonchev–Trinajstić information content (AvgIpc) is 3.03. The number of hydrogen-bond donors (Lipinski definition) is 2. The molecular weight excluding hydrogens is 627 g/mol. The standard InChI is InChI=1S/C38H49FN4O2.C4H10O/c1-26-20-32(39)11-10-30(26)23-42-17-12-28-21-29(8-9-31(28)24-42)36-34(25-41-15-6-5-7-16-41)40-27(2)33(22-35(44)45)37(36)43-18-13-38(3,4)14-19-43;1-4(2,3)5/h8-11,20-21H,5-7,12-19,22-25H2,1-4H3,(H,44,45);5H,1-3H3. The van der Waals surface area contributed by atoms with Crippen LogP contribution < -0.4 is 4.90 Å². The average molecular weight is 687 g/mol. The Balaban J connectivity index is 0.000000908. The molecule has 2 aromatic carbocycles. The number of hydrogen-bond acceptors (Lipinski definition) is 6. The number of halogens is 1. The Bertz CT molecular complexity index is 1640. The molecule has 8 heteroatoms. The summed E-state index contributed by atoms with van der Waals surface area (Å²) in [4.78, 5) is 24.9. The topological polar surface area (TPSA) is 80.1 Å². The fourth-order valence-corrected chi connectivity index (χ4v) is 7.56. The predicted molar refractivity (Wildman–Crippen MR) is 201 cm³/mol. The van der Waals surface area contributed by atoms with Gasteiger partial charge in [0.25, 0.3) is 0 Å². The van der Waals surface area contributed by atoms with Crippen molar-refractivity contribution in [2.24, 2.45) is 5.41 Å². The number of anilines is 1. The lowest BCUT2D eigenvalue weighted by Gasteiger charge is -2.40. The summed E-state index contributed by atoms with van der Waals surface area (Å²) in [5.41, 5.74) is 10.8. The summed E-state index contributed by atoms with van der Waals surface area (Å²) in [6, 6.07) is 12.0. The van der Waals surface area contributed by atoms with Crippen LogP contribution in [-0.2, 0) is 37.3 Å². The zero-order chi connectivity index (χ0) is 36.2. The third-order valence-electron chi connectivity index (χ3n) is 10.4. The highest BCUT2D eigenvalue weighted by molar-refractivity contribution is 5.87. The zero-order valence-electron chi connectivity index (χ0n) is 31.5. The Morgan fingerprint density at radius 1 is 0.900 bits per heavy atom. The first-order valence-electron chi connectivity index (χ1n) is 18.6. The van der Waals surface area contributed by atoms with E-state index in [0.29, 0.717) is 0 Å². The Kier molecular flexibility index (Phi) is 12.1. The number of pyridine rings is 1. The highest BCUT2D eigenvalue weighted by Crippen LogP contribution is 2.43. The second kappa shape index (κ2) is 15.9. The van der Waals surface area contributed by atoms with Crippen molar-refractivity contribution >= 4 is 11.7 Å². The number of aliphatic hydroxyl groups is 1. The van der Waals surface area contributed by atoms with E-state index >= 15 is 0 Å². The van der Waals surface area contributed by atoms with Gasteiger partial charge in [0.05, 0.1) is 23.4 Å². The van der Waals surface area contributed by atoms with Gasteiger partial charge in [-0.25, -0.2) is 4.39 Å². The molecule has 50 heavy (non-hydrogen) atoms. The van der Waals surface area contributed by atoms with E-state index in [-0.39, 0.29) is 17.7 Å². The lowest BCUT2D eigenvalue weighted by molar-refractivity contribution is -0.136. The summed E-state index contributed by atoms with van der Waals surface area (Å²) < 4.78 is 13.7. The second-order valence-corrected chi connectivity index (χ2v) is 16.6. The number of rotatable bonds is 8. The van der Waals surface area contributed by atoms with Crippen molar-refractivity contribution in [2.75, 3.05) is 37.6 Å². The van der Waals surface area contributed by atoms with Crippen molar-refractivity contribution < 1.29 is 19.4 Å². The lowest BCUT2D eigenvalue weighted by atomic mass is 9.81. The van der Waals surface area contributed by atoms with Crippen LogP contribution in [0.5, 0.6) is 0 Å².